The maximum atomic E-state index is 12.7. The summed E-state index contributed by atoms with van der Waals surface area (Å²) in [6.07, 6.45) is 4.29. The van der Waals surface area contributed by atoms with Crippen LogP contribution in [0.4, 0.5) is 0 Å². The van der Waals surface area contributed by atoms with Crippen molar-refractivity contribution in [2.75, 3.05) is 13.2 Å². The summed E-state index contributed by atoms with van der Waals surface area (Å²) in [5.74, 6) is -1.19. The van der Waals surface area contributed by atoms with Crippen LogP contribution in [0.15, 0.2) is 43.1 Å². The Bertz CT molecular complexity index is 802. The fourth-order valence-electron chi connectivity index (χ4n) is 3.13. The van der Waals surface area contributed by atoms with Gasteiger partial charge in [-0.05, 0) is 31.4 Å². The molecule has 0 saturated carbocycles. The van der Waals surface area contributed by atoms with Crippen molar-refractivity contribution in [3.63, 3.8) is 0 Å². The molecule has 5 N–H and O–H groups in total. The van der Waals surface area contributed by atoms with Crippen LogP contribution in [0, 0.1) is 5.92 Å². The van der Waals surface area contributed by atoms with E-state index >= 15 is 0 Å². The molecule has 1 heterocycles. The Morgan fingerprint density at radius 2 is 1.96 bits per heavy atom. The summed E-state index contributed by atoms with van der Waals surface area (Å²) in [5.41, 5.74) is 2.00. The minimum Gasteiger partial charge on any atom is -0.394 e. The number of nitrogens with one attached hydrogen (secondary N) is 3. The summed E-state index contributed by atoms with van der Waals surface area (Å²) in [6.45, 7) is 4.97. The van der Waals surface area contributed by atoms with Gasteiger partial charge in [0.2, 0.25) is 11.8 Å². The van der Waals surface area contributed by atoms with Gasteiger partial charge in [-0.15, -0.1) is 6.58 Å². The van der Waals surface area contributed by atoms with E-state index in [1.165, 1.54) is 0 Å². The SMILES string of the molecule is C=CCC(CC(=O)NC(C)CO)C(=O)NC(CO)Cc1c[nH]c2ccccc12. The smallest absolute Gasteiger partial charge is 0.224 e. The predicted octanol–water partition coefficient (Wildman–Crippen LogP) is 1.27. The number of carbonyl (C=O) groups excluding carboxylic acids is 2. The zero-order valence-corrected chi connectivity index (χ0v) is 16.1. The third-order valence-corrected chi connectivity index (χ3v) is 4.64. The summed E-state index contributed by atoms with van der Waals surface area (Å²) >= 11 is 0. The van der Waals surface area contributed by atoms with Crippen molar-refractivity contribution in [3.05, 3.63) is 48.7 Å². The van der Waals surface area contributed by atoms with Crippen LogP contribution in [0.2, 0.25) is 0 Å². The number of rotatable bonds is 11. The highest BCUT2D eigenvalue weighted by molar-refractivity contribution is 5.86. The van der Waals surface area contributed by atoms with Gasteiger partial charge in [0.15, 0.2) is 0 Å². The van der Waals surface area contributed by atoms with E-state index in [1.807, 2.05) is 30.5 Å². The second kappa shape index (κ2) is 10.6. The highest BCUT2D eigenvalue weighted by atomic mass is 16.3. The zero-order chi connectivity index (χ0) is 20.5. The van der Waals surface area contributed by atoms with Gasteiger partial charge in [0.05, 0.1) is 25.2 Å². The Kier molecular flexibility index (Phi) is 8.22. The van der Waals surface area contributed by atoms with Gasteiger partial charge in [0, 0.05) is 29.6 Å². The second-order valence-corrected chi connectivity index (χ2v) is 7.03. The predicted molar refractivity (Wildman–Crippen MR) is 109 cm³/mol. The Balaban J connectivity index is 2.01. The molecule has 0 bridgehead atoms. The first-order valence-corrected chi connectivity index (χ1v) is 9.45. The molecule has 7 nitrogen and oxygen atoms in total. The van der Waals surface area contributed by atoms with Crippen LogP contribution in [0.25, 0.3) is 10.9 Å². The highest BCUT2D eigenvalue weighted by Gasteiger charge is 2.24. The lowest BCUT2D eigenvalue weighted by molar-refractivity contribution is -0.131. The number of fused-ring (bicyclic) bond motifs is 1. The van der Waals surface area contributed by atoms with Crippen LogP contribution in [0.1, 0.15) is 25.3 Å². The number of H-pyrrole nitrogens is 1. The molecule has 28 heavy (non-hydrogen) atoms. The van der Waals surface area contributed by atoms with Crippen LogP contribution in [-0.4, -0.2) is 52.3 Å². The minimum absolute atomic E-state index is 0.00652. The molecule has 3 unspecified atom stereocenters. The molecule has 2 amide bonds. The number of hydrogen-bond acceptors (Lipinski definition) is 4. The lowest BCUT2D eigenvalue weighted by Crippen LogP contribution is -2.44. The molecule has 0 spiro atoms. The van der Waals surface area contributed by atoms with Crippen LogP contribution in [0.5, 0.6) is 0 Å². The standard InChI is InChI=1S/C21H29N3O4/c1-3-6-15(10-20(27)23-14(2)12-25)21(28)24-17(13-26)9-16-11-22-19-8-5-4-7-18(16)19/h3-5,7-8,11,14-15,17,22,25-26H,1,6,9-10,12-13H2,2H3,(H,23,27)(H,24,28). The normalized spacial score (nSPS) is 14.2. The van der Waals surface area contributed by atoms with E-state index < -0.39 is 12.0 Å². The second-order valence-electron chi connectivity index (χ2n) is 7.03. The van der Waals surface area contributed by atoms with Gasteiger partial charge >= 0.3 is 0 Å². The molecular weight excluding hydrogens is 358 g/mol. The van der Waals surface area contributed by atoms with Gasteiger partial charge in [-0.1, -0.05) is 24.3 Å². The number of allylic oxidation sites excluding steroid dienone is 1. The lowest BCUT2D eigenvalue weighted by atomic mass is 9.98. The summed E-state index contributed by atoms with van der Waals surface area (Å²) in [7, 11) is 0. The zero-order valence-electron chi connectivity index (χ0n) is 16.1. The third kappa shape index (κ3) is 5.94. The van der Waals surface area contributed by atoms with E-state index in [1.54, 1.807) is 13.0 Å². The molecule has 0 radical (unpaired) electrons. The molecule has 2 aromatic rings. The number of aromatic amines is 1. The highest BCUT2D eigenvalue weighted by Crippen LogP contribution is 2.19. The Morgan fingerprint density at radius 3 is 2.64 bits per heavy atom. The number of amides is 2. The van der Waals surface area contributed by atoms with E-state index in [0.29, 0.717) is 12.8 Å². The van der Waals surface area contributed by atoms with Crippen molar-refractivity contribution in [2.24, 2.45) is 5.92 Å². The largest absolute Gasteiger partial charge is 0.394 e. The molecule has 0 aliphatic carbocycles. The maximum Gasteiger partial charge on any atom is 0.224 e. The number of benzene rings is 1. The summed E-state index contributed by atoms with van der Waals surface area (Å²) in [4.78, 5) is 27.9. The molecule has 1 aromatic carbocycles. The van der Waals surface area contributed by atoms with Crippen molar-refractivity contribution in [2.45, 2.75) is 38.3 Å². The molecule has 3 atom stereocenters. The van der Waals surface area contributed by atoms with Gasteiger partial charge in [-0.2, -0.15) is 0 Å². The van der Waals surface area contributed by atoms with Crippen molar-refractivity contribution < 1.29 is 19.8 Å². The molecule has 2 rings (SSSR count). The monoisotopic (exact) mass is 387 g/mol. The Labute approximate surface area is 164 Å². The molecule has 0 aliphatic rings. The molecular formula is C21H29N3O4. The van der Waals surface area contributed by atoms with Crippen molar-refractivity contribution in [1.29, 1.82) is 0 Å². The summed E-state index contributed by atoms with van der Waals surface area (Å²) < 4.78 is 0. The number of aliphatic hydroxyl groups is 2. The van der Waals surface area contributed by atoms with Crippen LogP contribution < -0.4 is 10.6 Å². The van der Waals surface area contributed by atoms with Gasteiger partial charge in [-0.3, -0.25) is 9.59 Å². The van der Waals surface area contributed by atoms with E-state index in [-0.39, 0.29) is 37.5 Å². The first kappa shape index (κ1) is 21.7. The van der Waals surface area contributed by atoms with Gasteiger partial charge in [0.1, 0.15) is 0 Å². The summed E-state index contributed by atoms with van der Waals surface area (Å²) in [6, 6.07) is 7.02. The van der Waals surface area contributed by atoms with E-state index in [9.17, 15) is 14.7 Å². The van der Waals surface area contributed by atoms with Gasteiger partial charge < -0.3 is 25.8 Å². The fraction of sp³-hybridized carbons (Fsp3) is 0.429. The first-order valence-electron chi connectivity index (χ1n) is 9.45. The molecule has 0 fully saturated rings. The Morgan fingerprint density at radius 1 is 1.21 bits per heavy atom. The lowest BCUT2D eigenvalue weighted by Gasteiger charge is -2.21. The number of carbonyl (C=O) groups is 2. The van der Waals surface area contributed by atoms with Crippen LogP contribution >= 0.6 is 0 Å². The van der Waals surface area contributed by atoms with Crippen LogP contribution in [0.3, 0.4) is 0 Å². The quantitative estimate of drug-likeness (QED) is 0.374. The topological polar surface area (TPSA) is 114 Å². The Hall–Kier alpha value is -2.64. The first-order chi connectivity index (χ1) is 13.5. The molecule has 152 valence electrons. The summed E-state index contributed by atoms with van der Waals surface area (Å²) in [5, 5.41) is 25.3. The number of hydrogen-bond donors (Lipinski definition) is 5. The van der Waals surface area contributed by atoms with Gasteiger partial charge in [-0.25, -0.2) is 0 Å². The number of aliphatic hydroxyl groups excluding tert-OH is 2. The van der Waals surface area contributed by atoms with Crippen molar-refractivity contribution in [3.8, 4) is 0 Å². The van der Waals surface area contributed by atoms with Crippen molar-refractivity contribution >= 4 is 22.7 Å². The van der Waals surface area contributed by atoms with Crippen molar-refractivity contribution in [1.82, 2.24) is 15.6 Å². The maximum absolute atomic E-state index is 12.7. The average molecular weight is 387 g/mol. The molecule has 0 aliphatic heterocycles. The average Bonchev–Trinajstić information content (AvgIpc) is 3.09. The van der Waals surface area contributed by atoms with Gasteiger partial charge in [0.25, 0.3) is 0 Å². The number of para-hydroxylation sites is 1. The molecule has 0 saturated heterocycles. The minimum atomic E-state index is -0.583. The third-order valence-electron chi connectivity index (χ3n) is 4.64. The fourth-order valence-corrected chi connectivity index (χ4v) is 3.13. The molecule has 1 aromatic heterocycles. The molecule has 7 heteroatoms. The van der Waals surface area contributed by atoms with E-state index in [0.717, 1.165) is 16.5 Å². The van der Waals surface area contributed by atoms with Crippen LogP contribution in [-0.2, 0) is 16.0 Å². The van der Waals surface area contributed by atoms with E-state index in [4.69, 9.17) is 5.11 Å². The van der Waals surface area contributed by atoms with E-state index in [2.05, 4.69) is 22.2 Å². The number of aromatic nitrogens is 1.